The van der Waals surface area contributed by atoms with Gasteiger partial charge in [-0.1, -0.05) is 32.9 Å². The normalized spacial score (nSPS) is 11.4. The first-order valence-corrected chi connectivity index (χ1v) is 6.87. The largest absolute Gasteiger partial charge is 0.461 e. The maximum absolute atomic E-state index is 11.7. The van der Waals surface area contributed by atoms with Crippen LogP contribution >= 0.6 is 0 Å². The Hall–Kier alpha value is -2.30. The first kappa shape index (κ1) is 15.1. The molecule has 2 aromatic rings. The molecular formula is C16H20N2O3. The maximum atomic E-state index is 11.7. The van der Waals surface area contributed by atoms with Crippen molar-refractivity contribution in [1.82, 2.24) is 4.98 Å². The lowest BCUT2D eigenvalue weighted by molar-refractivity contribution is 0.0521. The van der Waals surface area contributed by atoms with Crippen molar-refractivity contribution in [3.8, 4) is 11.5 Å². The van der Waals surface area contributed by atoms with Gasteiger partial charge in [0.05, 0.1) is 6.61 Å². The van der Waals surface area contributed by atoms with Crippen LogP contribution in [0.15, 0.2) is 28.7 Å². The second-order valence-corrected chi connectivity index (χ2v) is 5.78. The number of nitrogen functional groups attached to an aromatic ring is 1. The topological polar surface area (TPSA) is 78.3 Å². The van der Waals surface area contributed by atoms with Crippen LogP contribution in [0.3, 0.4) is 0 Å². The van der Waals surface area contributed by atoms with E-state index in [2.05, 4.69) is 25.8 Å². The predicted molar refractivity (Wildman–Crippen MR) is 81.0 cm³/mol. The summed E-state index contributed by atoms with van der Waals surface area (Å²) in [7, 11) is 0. The molecule has 1 aromatic carbocycles. The first-order valence-electron chi connectivity index (χ1n) is 6.87. The Balaban J connectivity index is 2.31. The van der Waals surface area contributed by atoms with Crippen molar-refractivity contribution in [2.75, 3.05) is 12.3 Å². The lowest BCUT2D eigenvalue weighted by atomic mass is 9.87. The van der Waals surface area contributed by atoms with Crippen molar-refractivity contribution in [1.29, 1.82) is 0 Å². The molecule has 21 heavy (non-hydrogen) atoms. The van der Waals surface area contributed by atoms with Gasteiger partial charge in [0, 0.05) is 5.56 Å². The molecule has 0 unspecified atom stereocenters. The number of hydrogen-bond acceptors (Lipinski definition) is 5. The third kappa shape index (κ3) is 3.24. The smallest absolute Gasteiger partial charge is 0.362 e. The van der Waals surface area contributed by atoms with Gasteiger partial charge in [0.15, 0.2) is 0 Å². The van der Waals surface area contributed by atoms with Gasteiger partial charge < -0.3 is 14.9 Å². The Labute approximate surface area is 124 Å². The van der Waals surface area contributed by atoms with Gasteiger partial charge in [0.1, 0.15) is 0 Å². The molecule has 0 radical (unpaired) electrons. The van der Waals surface area contributed by atoms with Gasteiger partial charge in [-0.05, 0) is 30.0 Å². The van der Waals surface area contributed by atoms with Crippen LogP contribution in [0.25, 0.3) is 11.5 Å². The van der Waals surface area contributed by atoms with E-state index in [1.54, 1.807) is 6.92 Å². The average Bonchev–Trinajstić information content (AvgIpc) is 2.80. The second-order valence-electron chi connectivity index (χ2n) is 5.78. The highest BCUT2D eigenvalue weighted by molar-refractivity contribution is 5.92. The van der Waals surface area contributed by atoms with E-state index in [1.807, 2.05) is 24.3 Å². The van der Waals surface area contributed by atoms with Gasteiger partial charge >= 0.3 is 5.97 Å². The Morgan fingerprint density at radius 1 is 1.29 bits per heavy atom. The van der Waals surface area contributed by atoms with E-state index in [-0.39, 0.29) is 23.6 Å². The number of hydrogen-bond donors (Lipinski definition) is 1. The number of carbonyl (C=O) groups is 1. The molecule has 2 N–H and O–H groups in total. The minimum atomic E-state index is -0.573. The van der Waals surface area contributed by atoms with Crippen molar-refractivity contribution in [3.05, 3.63) is 35.5 Å². The van der Waals surface area contributed by atoms with Crippen LogP contribution < -0.4 is 5.73 Å². The molecule has 0 saturated carbocycles. The molecule has 5 nitrogen and oxygen atoms in total. The Kier molecular flexibility index (Phi) is 4.02. The standard InChI is InChI=1S/C16H20N2O3/c1-5-20-15(19)12-13(17)21-14(18-12)10-6-8-11(9-7-10)16(2,3)4/h6-9H,5,17H2,1-4H3. The molecule has 0 atom stereocenters. The van der Waals surface area contributed by atoms with Gasteiger partial charge in [-0.2, -0.15) is 4.98 Å². The van der Waals surface area contributed by atoms with E-state index in [0.29, 0.717) is 5.89 Å². The number of nitrogens with zero attached hydrogens (tertiary/aromatic N) is 1. The molecule has 0 aliphatic carbocycles. The quantitative estimate of drug-likeness (QED) is 0.876. The molecule has 112 valence electrons. The summed E-state index contributed by atoms with van der Waals surface area (Å²) in [6.07, 6.45) is 0. The molecular weight excluding hydrogens is 268 g/mol. The summed E-state index contributed by atoms with van der Waals surface area (Å²) in [4.78, 5) is 15.8. The van der Waals surface area contributed by atoms with Crippen molar-refractivity contribution in [3.63, 3.8) is 0 Å². The monoisotopic (exact) mass is 288 g/mol. The highest BCUT2D eigenvalue weighted by Crippen LogP contribution is 2.27. The summed E-state index contributed by atoms with van der Waals surface area (Å²) in [5, 5.41) is 0. The molecule has 0 aliphatic heterocycles. The summed E-state index contributed by atoms with van der Waals surface area (Å²) in [5.74, 6) is -0.282. The zero-order valence-electron chi connectivity index (χ0n) is 12.8. The zero-order valence-corrected chi connectivity index (χ0v) is 12.8. The van der Waals surface area contributed by atoms with Gasteiger partial charge in [-0.3, -0.25) is 0 Å². The molecule has 0 saturated heterocycles. The molecule has 0 fully saturated rings. The fourth-order valence-corrected chi connectivity index (χ4v) is 1.91. The molecule has 0 bridgehead atoms. The van der Waals surface area contributed by atoms with Gasteiger partial charge in [0.2, 0.25) is 17.5 Å². The van der Waals surface area contributed by atoms with Crippen molar-refractivity contribution in [2.45, 2.75) is 33.1 Å². The number of benzene rings is 1. The van der Waals surface area contributed by atoms with Crippen LogP contribution in [0.4, 0.5) is 5.88 Å². The number of ether oxygens (including phenoxy) is 1. The molecule has 5 heteroatoms. The van der Waals surface area contributed by atoms with E-state index >= 15 is 0 Å². The lowest BCUT2D eigenvalue weighted by Crippen LogP contribution is -2.10. The lowest BCUT2D eigenvalue weighted by Gasteiger charge is -2.18. The van der Waals surface area contributed by atoms with E-state index in [1.165, 1.54) is 5.56 Å². The first-order chi connectivity index (χ1) is 9.82. The highest BCUT2D eigenvalue weighted by Gasteiger charge is 2.20. The van der Waals surface area contributed by atoms with Crippen LogP contribution in [0, 0.1) is 0 Å². The molecule has 1 heterocycles. The molecule has 0 aliphatic rings. The van der Waals surface area contributed by atoms with Crippen LogP contribution in [0.2, 0.25) is 0 Å². The Morgan fingerprint density at radius 2 is 1.90 bits per heavy atom. The Morgan fingerprint density at radius 3 is 2.43 bits per heavy atom. The average molecular weight is 288 g/mol. The number of anilines is 1. The number of aromatic nitrogens is 1. The molecule has 1 aromatic heterocycles. The number of rotatable bonds is 3. The van der Waals surface area contributed by atoms with E-state index in [9.17, 15) is 4.79 Å². The molecule has 0 spiro atoms. The van der Waals surface area contributed by atoms with Crippen molar-refractivity contribution < 1.29 is 13.9 Å². The fourth-order valence-electron chi connectivity index (χ4n) is 1.91. The summed E-state index contributed by atoms with van der Waals surface area (Å²) >= 11 is 0. The summed E-state index contributed by atoms with van der Waals surface area (Å²) < 4.78 is 10.2. The van der Waals surface area contributed by atoms with Crippen LogP contribution in [0.1, 0.15) is 43.7 Å². The third-order valence-electron chi connectivity index (χ3n) is 3.12. The van der Waals surface area contributed by atoms with Gasteiger partial charge in [-0.15, -0.1) is 0 Å². The maximum Gasteiger partial charge on any atom is 0.362 e. The number of oxazole rings is 1. The number of nitrogens with two attached hydrogens (primary N) is 1. The minimum absolute atomic E-state index is 0.0201. The fraction of sp³-hybridized carbons (Fsp3) is 0.375. The third-order valence-corrected chi connectivity index (χ3v) is 3.12. The van der Waals surface area contributed by atoms with Crippen LogP contribution in [0.5, 0.6) is 0 Å². The zero-order chi connectivity index (χ0) is 15.6. The Bertz CT molecular complexity index is 637. The summed E-state index contributed by atoms with van der Waals surface area (Å²) in [6.45, 7) is 8.42. The minimum Gasteiger partial charge on any atom is -0.461 e. The van der Waals surface area contributed by atoms with Crippen LogP contribution in [-0.2, 0) is 10.2 Å². The summed E-state index contributed by atoms with van der Waals surface area (Å²) in [5.41, 5.74) is 7.75. The predicted octanol–water partition coefficient (Wildman–Crippen LogP) is 3.40. The number of carbonyl (C=O) groups excluding carboxylic acids is 1. The van der Waals surface area contributed by atoms with Gasteiger partial charge in [0.25, 0.3) is 0 Å². The molecule has 2 rings (SSSR count). The number of esters is 1. The summed E-state index contributed by atoms with van der Waals surface area (Å²) in [6, 6.07) is 7.83. The SMILES string of the molecule is CCOC(=O)c1nc(-c2ccc(C(C)(C)C)cc2)oc1N. The van der Waals surface area contributed by atoms with Crippen molar-refractivity contribution in [2.24, 2.45) is 0 Å². The second kappa shape index (κ2) is 5.60. The highest BCUT2D eigenvalue weighted by atomic mass is 16.5. The molecule has 0 amide bonds. The van der Waals surface area contributed by atoms with Crippen molar-refractivity contribution >= 4 is 11.9 Å². The van der Waals surface area contributed by atoms with E-state index in [0.717, 1.165) is 5.56 Å². The van der Waals surface area contributed by atoms with E-state index in [4.69, 9.17) is 14.9 Å². The van der Waals surface area contributed by atoms with Gasteiger partial charge in [-0.25, -0.2) is 4.79 Å². The van der Waals surface area contributed by atoms with Crippen LogP contribution in [-0.4, -0.2) is 17.6 Å². The van der Waals surface area contributed by atoms with E-state index < -0.39 is 5.97 Å².